The van der Waals surface area contributed by atoms with Crippen molar-refractivity contribution in [2.24, 2.45) is 0 Å². The molecule has 0 heterocycles. The lowest BCUT2D eigenvalue weighted by atomic mass is 10.0. The first-order chi connectivity index (χ1) is 13.0. The molecule has 27 heavy (non-hydrogen) atoms. The quantitative estimate of drug-likeness (QED) is 0.377. The lowest BCUT2D eigenvalue weighted by molar-refractivity contribution is -0.385. The summed E-state index contributed by atoms with van der Waals surface area (Å²) < 4.78 is 6.06. The summed E-state index contributed by atoms with van der Waals surface area (Å²) in [6.45, 7) is 4.11. The maximum atomic E-state index is 11.1. The summed E-state index contributed by atoms with van der Waals surface area (Å²) in [5.41, 5.74) is 1.60. The number of non-ortho nitro benzene ring substituents is 2. The van der Waals surface area contributed by atoms with Crippen LogP contribution in [0.1, 0.15) is 50.7 Å². The normalized spacial score (nSPS) is 10.6. The summed E-state index contributed by atoms with van der Waals surface area (Å²) in [4.78, 5) is 21.3. The van der Waals surface area contributed by atoms with Gasteiger partial charge in [-0.1, -0.05) is 26.7 Å². The van der Waals surface area contributed by atoms with E-state index in [4.69, 9.17) is 4.74 Å². The van der Waals surface area contributed by atoms with Gasteiger partial charge in [-0.3, -0.25) is 20.2 Å². The maximum Gasteiger partial charge on any atom is 0.269 e. The molecule has 7 nitrogen and oxygen atoms in total. The molecule has 2 aromatic carbocycles. The van der Waals surface area contributed by atoms with Gasteiger partial charge < -0.3 is 4.74 Å². The Morgan fingerprint density at radius 1 is 0.778 bits per heavy atom. The van der Waals surface area contributed by atoms with E-state index in [9.17, 15) is 20.2 Å². The van der Waals surface area contributed by atoms with Crippen molar-refractivity contribution in [2.75, 3.05) is 0 Å². The summed E-state index contributed by atoms with van der Waals surface area (Å²) >= 11 is 0. The Hall–Kier alpha value is -2.96. The van der Waals surface area contributed by atoms with Crippen LogP contribution in [0.4, 0.5) is 11.4 Å². The summed E-state index contributed by atoms with van der Waals surface area (Å²) in [7, 11) is 0. The van der Waals surface area contributed by atoms with E-state index in [-0.39, 0.29) is 11.4 Å². The minimum absolute atomic E-state index is 0.0309. The third-order valence-electron chi connectivity index (χ3n) is 4.33. The molecule has 0 bridgehead atoms. The number of hydrogen-bond acceptors (Lipinski definition) is 5. The first-order valence-corrected chi connectivity index (χ1v) is 9.18. The number of hydrogen-bond donors (Lipinski definition) is 0. The Balaban J connectivity index is 2.39. The molecule has 0 aromatic heterocycles. The van der Waals surface area contributed by atoms with Crippen LogP contribution in [0.5, 0.6) is 11.5 Å². The average Bonchev–Trinajstić information content (AvgIpc) is 2.65. The van der Waals surface area contributed by atoms with Crippen molar-refractivity contribution in [1.82, 2.24) is 0 Å². The van der Waals surface area contributed by atoms with Crippen LogP contribution in [0, 0.1) is 20.2 Å². The van der Waals surface area contributed by atoms with Crippen molar-refractivity contribution in [3.8, 4) is 11.5 Å². The van der Waals surface area contributed by atoms with Crippen molar-refractivity contribution in [1.29, 1.82) is 0 Å². The smallest absolute Gasteiger partial charge is 0.269 e. The lowest BCUT2D eigenvalue weighted by Crippen LogP contribution is -1.99. The van der Waals surface area contributed by atoms with E-state index >= 15 is 0 Å². The van der Waals surface area contributed by atoms with Gasteiger partial charge in [-0.25, -0.2) is 0 Å². The highest BCUT2D eigenvalue weighted by Gasteiger charge is 2.16. The van der Waals surface area contributed by atoms with E-state index in [1.54, 1.807) is 24.3 Å². The first kappa shape index (κ1) is 20.4. The monoisotopic (exact) mass is 372 g/mol. The Kier molecular flexibility index (Phi) is 7.28. The topological polar surface area (TPSA) is 95.5 Å². The number of aryl methyl sites for hydroxylation is 2. The molecule has 0 fully saturated rings. The third kappa shape index (κ3) is 5.51. The maximum absolute atomic E-state index is 11.1. The Morgan fingerprint density at radius 3 is 1.52 bits per heavy atom. The predicted octanol–water partition coefficient (Wildman–Crippen LogP) is 5.98. The standard InChI is InChI=1S/C20H24N2O5/c1-3-5-7-15-13-17(21(23)24)9-11-19(15)27-20-12-10-18(22(25)26)14-16(20)8-6-4-2/h9-14H,3-8H2,1-2H3. The average molecular weight is 372 g/mol. The molecule has 0 aliphatic heterocycles. The van der Waals surface area contributed by atoms with E-state index in [1.165, 1.54) is 12.1 Å². The van der Waals surface area contributed by atoms with Gasteiger partial charge in [0.05, 0.1) is 9.85 Å². The molecule has 2 aromatic rings. The fraction of sp³-hybridized carbons (Fsp3) is 0.400. The fourth-order valence-corrected chi connectivity index (χ4v) is 2.80. The van der Waals surface area contributed by atoms with Crippen LogP contribution in [0.2, 0.25) is 0 Å². The van der Waals surface area contributed by atoms with Gasteiger partial charge in [0.25, 0.3) is 11.4 Å². The van der Waals surface area contributed by atoms with Crippen LogP contribution in [-0.4, -0.2) is 9.85 Å². The molecule has 0 N–H and O–H groups in total. The Morgan fingerprint density at radius 2 is 1.19 bits per heavy atom. The minimum Gasteiger partial charge on any atom is -0.457 e. The van der Waals surface area contributed by atoms with E-state index in [0.29, 0.717) is 24.3 Å². The van der Waals surface area contributed by atoms with Crippen LogP contribution in [-0.2, 0) is 12.8 Å². The fourth-order valence-electron chi connectivity index (χ4n) is 2.80. The second-order valence-corrected chi connectivity index (χ2v) is 6.41. The molecule has 0 saturated carbocycles. The molecular weight excluding hydrogens is 348 g/mol. The zero-order valence-electron chi connectivity index (χ0n) is 15.6. The van der Waals surface area contributed by atoms with Crippen LogP contribution >= 0.6 is 0 Å². The van der Waals surface area contributed by atoms with Crippen molar-refractivity contribution >= 4 is 11.4 Å². The van der Waals surface area contributed by atoms with Gasteiger partial charge in [-0.15, -0.1) is 0 Å². The molecule has 0 atom stereocenters. The summed E-state index contributed by atoms with van der Waals surface area (Å²) in [5, 5.41) is 22.1. The number of nitrogens with zero attached hydrogens (tertiary/aromatic N) is 2. The zero-order valence-corrected chi connectivity index (χ0v) is 15.6. The highest BCUT2D eigenvalue weighted by molar-refractivity contribution is 5.49. The summed E-state index contributed by atoms with van der Waals surface area (Å²) in [6, 6.07) is 9.14. The molecule has 7 heteroatoms. The third-order valence-corrected chi connectivity index (χ3v) is 4.33. The van der Waals surface area contributed by atoms with E-state index in [0.717, 1.165) is 36.8 Å². The minimum atomic E-state index is -0.419. The van der Waals surface area contributed by atoms with Crippen LogP contribution in [0.25, 0.3) is 0 Å². The number of benzene rings is 2. The van der Waals surface area contributed by atoms with Gasteiger partial charge in [0.1, 0.15) is 11.5 Å². The van der Waals surface area contributed by atoms with Gasteiger partial charge in [-0.05, 0) is 37.8 Å². The molecule has 0 radical (unpaired) electrons. The van der Waals surface area contributed by atoms with Gasteiger partial charge in [0, 0.05) is 35.4 Å². The largest absolute Gasteiger partial charge is 0.457 e. The second-order valence-electron chi connectivity index (χ2n) is 6.41. The van der Waals surface area contributed by atoms with E-state index in [2.05, 4.69) is 13.8 Å². The summed E-state index contributed by atoms with van der Waals surface area (Å²) in [6.07, 6.45) is 5.04. The number of rotatable bonds is 10. The predicted molar refractivity (Wildman–Crippen MR) is 103 cm³/mol. The van der Waals surface area contributed by atoms with Crippen molar-refractivity contribution in [3.05, 3.63) is 67.8 Å². The molecule has 0 aliphatic carbocycles. The van der Waals surface area contributed by atoms with Gasteiger partial charge in [0.15, 0.2) is 0 Å². The highest BCUT2D eigenvalue weighted by atomic mass is 16.6. The summed E-state index contributed by atoms with van der Waals surface area (Å²) in [5.74, 6) is 1.11. The van der Waals surface area contributed by atoms with Crippen LogP contribution < -0.4 is 4.74 Å². The molecule has 144 valence electrons. The second kappa shape index (κ2) is 9.66. The molecule has 0 spiro atoms. The van der Waals surface area contributed by atoms with E-state index in [1.807, 2.05) is 0 Å². The number of nitro groups is 2. The molecule has 0 unspecified atom stereocenters. The zero-order chi connectivity index (χ0) is 19.8. The Bertz CT molecular complexity index is 753. The van der Waals surface area contributed by atoms with Gasteiger partial charge in [0.2, 0.25) is 0 Å². The Labute approximate surface area is 158 Å². The molecule has 0 saturated heterocycles. The number of ether oxygens (including phenoxy) is 1. The first-order valence-electron chi connectivity index (χ1n) is 9.18. The van der Waals surface area contributed by atoms with Crippen LogP contribution in [0.3, 0.4) is 0 Å². The molecule has 2 rings (SSSR count). The molecule has 0 amide bonds. The van der Waals surface area contributed by atoms with Gasteiger partial charge >= 0.3 is 0 Å². The van der Waals surface area contributed by atoms with Gasteiger partial charge in [-0.2, -0.15) is 0 Å². The van der Waals surface area contributed by atoms with Crippen molar-refractivity contribution in [3.63, 3.8) is 0 Å². The van der Waals surface area contributed by atoms with Crippen molar-refractivity contribution < 1.29 is 14.6 Å². The molecular formula is C20H24N2O5. The van der Waals surface area contributed by atoms with E-state index < -0.39 is 9.85 Å². The van der Waals surface area contributed by atoms with Crippen molar-refractivity contribution in [2.45, 2.75) is 52.4 Å². The lowest BCUT2D eigenvalue weighted by Gasteiger charge is -2.14. The number of nitro benzene ring substituents is 2. The number of unbranched alkanes of at least 4 members (excludes halogenated alkanes) is 2. The SMILES string of the molecule is CCCCc1cc([N+](=O)[O-])ccc1Oc1ccc([N+](=O)[O-])cc1CCCC. The van der Waals surface area contributed by atoms with Crippen LogP contribution in [0.15, 0.2) is 36.4 Å². The molecule has 0 aliphatic rings. The highest BCUT2D eigenvalue weighted by Crippen LogP contribution is 2.34.